The maximum atomic E-state index is 10.8. The maximum Gasteiger partial charge on any atom is 0.294 e. The van der Waals surface area contributed by atoms with E-state index in [1.165, 1.54) is 18.2 Å². The molecule has 0 fully saturated rings. The smallest absolute Gasteiger partial charge is 0.294 e. The van der Waals surface area contributed by atoms with Crippen molar-refractivity contribution in [2.45, 2.75) is 18.2 Å². The highest BCUT2D eigenvalue weighted by molar-refractivity contribution is 7.85. The molecule has 0 saturated heterocycles. The lowest BCUT2D eigenvalue weighted by atomic mass is 10.1. The van der Waals surface area contributed by atoms with Crippen molar-refractivity contribution in [3.05, 3.63) is 23.8 Å². The maximum absolute atomic E-state index is 10.8. The Morgan fingerprint density at radius 3 is 2.54 bits per heavy atom. The summed E-state index contributed by atoms with van der Waals surface area (Å²) < 4.78 is 30.4. The molecule has 0 bridgehead atoms. The van der Waals surface area contributed by atoms with E-state index in [1.54, 1.807) is 6.92 Å². The number of hydrogen-bond acceptors (Lipinski definition) is 2. The molecule has 0 aliphatic rings. The second kappa shape index (κ2) is 3.35. The van der Waals surface area contributed by atoms with Gasteiger partial charge in [-0.1, -0.05) is 6.92 Å². The molecule has 0 atom stereocenters. The van der Waals surface area contributed by atoms with Gasteiger partial charge in [-0.3, -0.25) is 4.55 Å². The number of nitrogens with one attached hydrogen (secondary N) is 1. The van der Waals surface area contributed by atoms with Crippen LogP contribution in [0.2, 0.25) is 0 Å². The minimum Gasteiger partial charge on any atom is -0.301 e. The predicted molar refractivity (Wildman–Crippen MR) is 48.4 cm³/mol. The molecule has 0 amide bonds. The molecule has 1 aromatic rings. The molecule has 0 aromatic heterocycles. The van der Waals surface area contributed by atoms with E-state index in [0.29, 0.717) is 12.0 Å². The van der Waals surface area contributed by atoms with E-state index in [4.69, 9.17) is 10.3 Å². The second-order valence-corrected chi connectivity index (χ2v) is 4.04. The second-order valence-electron chi connectivity index (χ2n) is 2.65. The summed E-state index contributed by atoms with van der Waals surface area (Å²) in [6.45, 7) is 1.77. The first kappa shape index (κ1) is 10.0. The molecule has 0 heterocycles. The van der Waals surface area contributed by atoms with Crippen molar-refractivity contribution in [1.82, 2.24) is 5.73 Å². The highest BCUT2D eigenvalue weighted by Crippen LogP contribution is 2.19. The number of hydrogen-bond donors (Lipinski definition) is 1. The van der Waals surface area contributed by atoms with Crippen molar-refractivity contribution < 1.29 is 13.0 Å². The minimum absolute atomic E-state index is 0.106. The fourth-order valence-electron chi connectivity index (χ4n) is 1.11. The zero-order valence-electron chi connectivity index (χ0n) is 7.11. The SMILES string of the molecule is CCc1cc([NH])ccc1S(=O)(=O)O. The van der Waals surface area contributed by atoms with Crippen LogP contribution in [0.15, 0.2) is 23.1 Å². The monoisotopic (exact) mass is 200 g/mol. The lowest BCUT2D eigenvalue weighted by Gasteiger charge is -2.04. The Morgan fingerprint density at radius 1 is 1.46 bits per heavy atom. The molecular weight excluding hydrogens is 190 g/mol. The highest BCUT2D eigenvalue weighted by Gasteiger charge is 2.13. The van der Waals surface area contributed by atoms with E-state index < -0.39 is 10.1 Å². The molecule has 2 N–H and O–H groups in total. The standard InChI is InChI=1S/C8H10NO3S/c1-2-6-5-7(9)3-4-8(6)13(10,11)12/h3-5,9H,2H2,1H3,(H,10,11,12). The van der Waals surface area contributed by atoms with E-state index in [1.807, 2.05) is 0 Å². The predicted octanol–water partition coefficient (Wildman–Crippen LogP) is 1.41. The van der Waals surface area contributed by atoms with Crippen molar-refractivity contribution in [2.75, 3.05) is 0 Å². The van der Waals surface area contributed by atoms with E-state index >= 15 is 0 Å². The van der Waals surface area contributed by atoms with Gasteiger partial charge in [0.05, 0.1) is 10.6 Å². The van der Waals surface area contributed by atoms with Gasteiger partial charge in [-0.25, -0.2) is 0 Å². The van der Waals surface area contributed by atoms with Gasteiger partial charge in [-0.05, 0) is 30.2 Å². The normalized spacial score (nSPS) is 11.5. The zero-order valence-corrected chi connectivity index (χ0v) is 7.93. The molecular formula is C8H10NO3S. The van der Waals surface area contributed by atoms with Gasteiger partial charge in [0, 0.05) is 0 Å². The molecule has 13 heavy (non-hydrogen) atoms. The van der Waals surface area contributed by atoms with Crippen LogP contribution >= 0.6 is 0 Å². The average molecular weight is 200 g/mol. The number of benzene rings is 1. The summed E-state index contributed by atoms with van der Waals surface area (Å²) in [5.41, 5.74) is 7.97. The van der Waals surface area contributed by atoms with Crippen LogP contribution in [0.4, 0.5) is 5.69 Å². The van der Waals surface area contributed by atoms with Crippen molar-refractivity contribution in [3.8, 4) is 0 Å². The zero-order chi connectivity index (χ0) is 10.1. The quantitative estimate of drug-likeness (QED) is 0.733. The highest BCUT2D eigenvalue weighted by atomic mass is 32.2. The van der Waals surface area contributed by atoms with E-state index in [9.17, 15) is 8.42 Å². The van der Waals surface area contributed by atoms with Crippen molar-refractivity contribution in [1.29, 1.82) is 0 Å². The van der Waals surface area contributed by atoms with Crippen LogP contribution in [0.1, 0.15) is 12.5 Å². The van der Waals surface area contributed by atoms with Gasteiger partial charge in [0.25, 0.3) is 10.1 Å². The molecule has 71 valence electrons. The van der Waals surface area contributed by atoms with Gasteiger partial charge >= 0.3 is 0 Å². The van der Waals surface area contributed by atoms with Crippen molar-refractivity contribution >= 4 is 15.8 Å². The lowest BCUT2D eigenvalue weighted by molar-refractivity contribution is 0.482. The van der Waals surface area contributed by atoms with Gasteiger partial charge in [0.15, 0.2) is 0 Å². The summed E-state index contributed by atoms with van der Waals surface area (Å²) in [5.74, 6) is 0. The van der Waals surface area contributed by atoms with Crippen LogP contribution in [0.5, 0.6) is 0 Å². The Morgan fingerprint density at radius 2 is 2.08 bits per heavy atom. The molecule has 0 aliphatic heterocycles. The van der Waals surface area contributed by atoms with E-state index in [2.05, 4.69) is 0 Å². The largest absolute Gasteiger partial charge is 0.301 e. The first-order valence-corrected chi connectivity index (χ1v) is 5.21. The van der Waals surface area contributed by atoms with E-state index in [0.717, 1.165) is 0 Å². The molecule has 1 radical (unpaired) electrons. The summed E-state index contributed by atoms with van der Waals surface area (Å²) in [5, 5.41) is 0. The van der Waals surface area contributed by atoms with Crippen molar-refractivity contribution in [3.63, 3.8) is 0 Å². The van der Waals surface area contributed by atoms with Gasteiger partial charge < -0.3 is 5.73 Å². The van der Waals surface area contributed by atoms with Gasteiger partial charge in [-0.2, -0.15) is 8.42 Å². The molecule has 0 spiro atoms. The fourth-order valence-corrected chi connectivity index (χ4v) is 1.88. The molecule has 1 aromatic carbocycles. The van der Waals surface area contributed by atoms with Gasteiger partial charge in [0.2, 0.25) is 0 Å². The van der Waals surface area contributed by atoms with Gasteiger partial charge in [0.1, 0.15) is 0 Å². The third-order valence-electron chi connectivity index (χ3n) is 1.72. The van der Waals surface area contributed by atoms with Crippen LogP contribution in [0, 0.1) is 0 Å². The first-order chi connectivity index (χ1) is 5.95. The summed E-state index contributed by atoms with van der Waals surface area (Å²) in [7, 11) is -4.15. The van der Waals surface area contributed by atoms with E-state index in [-0.39, 0.29) is 10.6 Å². The summed E-state index contributed by atoms with van der Waals surface area (Å²) in [4.78, 5) is -0.106. The summed E-state index contributed by atoms with van der Waals surface area (Å²) in [6.07, 6.45) is 0.474. The Kier molecular flexibility index (Phi) is 2.58. The fraction of sp³-hybridized carbons (Fsp3) is 0.250. The van der Waals surface area contributed by atoms with Crippen molar-refractivity contribution in [2.24, 2.45) is 0 Å². The Bertz CT molecular complexity index is 411. The Hall–Kier alpha value is -1.07. The summed E-state index contributed by atoms with van der Waals surface area (Å²) in [6, 6.07) is 4.02. The lowest BCUT2D eigenvalue weighted by Crippen LogP contribution is -2.02. The van der Waals surface area contributed by atoms with Gasteiger partial charge in [-0.15, -0.1) is 0 Å². The number of aryl methyl sites for hydroxylation is 1. The molecule has 0 unspecified atom stereocenters. The van der Waals surface area contributed by atoms with Crippen LogP contribution in [0.3, 0.4) is 0 Å². The van der Waals surface area contributed by atoms with Crippen LogP contribution < -0.4 is 5.73 Å². The molecule has 0 saturated carbocycles. The van der Waals surface area contributed by atoms with Crippen LogP contribution in [-0.2, 0) is 16.5 Å². The Labute approximate surface area is 77.1 Å². The number of rotatable bonds is 2. The molecule has 4 nitrogen and oxygen atoms in total. The third kappa shape index (κ3) is 2.19. The molecule has 0 aliphatic carbocycles. The topological polar surface area (TPSA) is 78.2 Å². The third-order valence-corrected chi connectivity index (χ3v) is 2.67. The average Bonchev–Trinajstić information content (AvgIpc) is 2.01. The van der Waals surface area contributed by atoms with Crippen LogP contribution in [0.25, 0.3) is 0 Å². The Balaban J connectivity index is 3.39. The minimum atomic E-state index is -4.15. The molecule has 1 rings (SSSR count). The van der Waals surface area contributed by atoms with Crippen LogP contribution in [-0.4, -0.2) is 13.0 Å². The molecule has 5 heteroatoms. The first-order valence-electron chi connectivity index (χ1n) is 3.77. The summed E-state index contributed by atoms with van der Waals surface area (Å²) >= 11 is 0.